The quantitative estimate of drug-likeness (QED) is 0.853. The number of hydrogen-bond acceptors (Lipinski definition) is 3. The number of amides is 1. The highest BCUT2D eigenvalue weighted by molar-refractivity contribution is 6.30. The molecule has 1 saturated heterocycles. The summed E-state index contributed by atoms with van der Waals surface area (Å²) in [6, 6.07) is 7.65. The standard InChI is InChI=1S/C19H22ClN3O2/c1-22-12-15(11-21-22)4-7-19(25)23-9-8-18(24)16(13-23)10-14-2-5-17(20)6-3-14/h2-7,11-12,16,18,24H,8-10,13H2,1H3/b7-4+/t16-,18+/m1/s1. The first-order valence-corrected chi connectivity index (χ1v) is 8.77. The molecule has 1 aromatic carbocycles. The van der Waals surface area contributed by atoms with E-state index in [2.05, 4.69) is 5.10 Å². The number of carbonyl (C=O) groups excluding carboxylic acids is 1. The zero-order chi connectivity index (χ0) is 17.8. The van der Waals surface area contributed by atoms with E-state index in [1.165, 1.54) is 0 Å². The fraction of sp³-hybridized carbons (Fsp3) is 0.368. The van der Waals surface area contributed by atoms with Crippen LogP contribution in [-0.2, 0) is 18.3 Å². The number of piperidine rings is 1. The molecular weight excluding hydrogens is 338 g/mol. The number of nitrogens with zero attached hydrogens (tertiary/aromatic N) is 3. The number of aryl methyl sites for hydroxylation is 1. The maximum atomic E-state index is 12.4. The van der Waals surface area contributed by atoms with Gasteiger partial charge in [-0.25, -0.2) is 0 Å². The first-order valence-electron chi connectivity index (χ1n) is 8.39. The fourth-order valence-electron chi connectivity index (χ4n) is 3.14. The minimum atomic E-state index is -0.387. The van der Waals surface area contributed by atoms with E-state index in [4.69, 9.17) is 11.6 Å². The summed E-state index contributed by atoms with van der Waals surface area (Å²) in [6.45, 7) is 1.13. The Kier molecular flexibility index (Phi) is 5.56. The number of carbonyl (C=O) groups is 1. The van der Waals surface area contributed by atoms with Gasteiger partial charge in [-0.1, -0.05) is 23.7 Å². The van der Waals surface area contributed by atoms with Crippen molar-refractivity contribution in [1.29, 1.82) is 0 Å². The van der Waals surface area contributed by atoms with Gasteiger partial charge in [0.05, 0.1) is 12.3 Å². The van der Waals surface area contributed by atoms with Crippen LogP contribution in [-0.4, -0.2) is 44.9 Å². The summed E-state index contributed by atoms with van der Waals surface area (Å²) in [4.78, 5) is 14.2. The first kappa shape index (κ1) is 17.7. The molecule has 0 aliphatic carbocycles. The number of rotatable bonds is 4. The molecular formula is C19H22ClN3O2. The van der Waals surface area contributed by atoms with Crippen molar-refractivity contribution in [2.75, 3.05) is 13.1 Å². The van der Waals surface area contributed by atoms with Gasteiger partial charge in [0.25, 0.3) is 0 Å². The average molecular weight is 360 g/mol. The topological polar surface area (TPSA) is 58.4 Å². The molecule has 2 atom stereocenters. The molecule has 1 N–H and O–H groups in total. The Morgan fingerprint density at radius 3 is 2.84 bits per heavy atom. The number of halogens is 1. The van der Waals surface area contributed by atoms with Crippen LogP contribution in [0.25, 0.3) is 6.08 Å². The normalized spacial score (nSPS) is 21.0. The highest BCUT2D eigenvalue weighted by atomic mass is 35.5. The number of aromatic nitrogens is 2. The van der Waals surface area contributed by atoms with Crippen molar-refractivity contribution in [3.8, 4) is 0 Å². The van der Waals surface area contributed by atoms with Gasteiger partial charge in [0.15, 0.2) is 0 Å². The highest BCUT2D eigenvalue weighted by Gasteiger charge is 2.29. The summed E-state index contributed by atoms with van der Waals surface area (Å²) in [7, 11) is 1.84. The Morgan fingerprint density at radius 1 is 1.40 bits per heavy atom. The summed E-state index contributed by atoms with van der Waals surface area (Å²) in [5.74, 6) is 0.00234. The third-order valence-electron chi connectivity index (χ3n) is 4.56. The second-order valence-corrected chi connectivity index (χ2v) is 6.95. The number of aliphatic hydroxyl groups excluding tert-OH is 1. The number of benzene rings is 1. The van der Waals surface area contributed by atoms with Gasteiger partial charge in [-0.05, 0) is 36.6 Å². The molecule has 1 aliphatic rings. The summed E-state index contributed by atoms with van der Waals surface area (Å²) < 4.78 is 1.70. The van der Waals surface area contributed by atoms with Gasteiger partial charge < -0.3 is 10.0 Å². The SMILES string of the molecule is Cn1cc(/C=C/C(=O)N2CC[C@H](O)[C@H](Cc3ccc(Cl)cc3)C2)cn1. The van der Waals surface area contributed by atoms with Crippen LogP contribution in [0.4, 0.5) is 0 Å². The molecule has 1 fully saturated rings. The minimum absolute atomic E-state index is 0.0307. The van der Waals surface area contributed by atoms with Crippen LogP contribution in [0.3, 0.4) is 0 Å². The second kappa shape index (κ2) is 7.85. The summed E-state index contributed by atoms with van der Waals surface area (Å²) in [5, 5.41) is 15.1. The lowest BCUT2D eigenvalue weighted by atomic mass is 9.88. The second-order valence-electron chi connectivity index (χ2n) is 6.51. The monoisotopic (exact) mass is 359 g/mol. The molecule has 1 aromatic heterocycles. The zero-order valence-corrected chi connectivity index (χ0v) is 14.9. The van der Waals surface area contributed by atoms with Gasteiger partial charge in [0, 0.05) is 48.9 Å². The van der Waals surface area contributed by atoms with Crippen LogP contribution in [0.5, 0.6) is 0 Å². The molecule has 5 nitrogen and oxygen atoms in total. The third-order valence-corrected chi connectivity index (χ3v) is 4.81. The molecule has 6 heteroatoms. The molecule has 1 aliphatic heterocycles. The maximum Gasteiger partial charge on any atom is 0.246 e. The van der Waals surface area contributed by atoms with Crippen molar-refractivity contribution in [2.45, 2.75) is 18.9 Å². The van der Waals surface area contributed by atoms with E-state index in [0.29, 0.717) is 24.5 Å². The van der Waals surface area contributed by atoms with Crippen LogP contribution in [0.2, 0.25) is 5.02 Å². The van der Waals surface area contributed by atoms with E-state index in [-0.39, 0.29) is 17.9 Å². The largest absolute Gasteiger partial charge is 0.393 e. The fourth-order valence-corrected chi connectivity index (χ4v) is 3.27. The minimum Gasteiger partial charge on any atom is -0.393 e. The average Bonchev–Trinajstić information content (AvgIpc) is 3.02. The van der Waals surface area contributed by atoms with E-state index in [1.807, 2.05) is 37.5 Å². The van der Waals surface area contributed by atoms with E-state index in [0.717, 1.165) is 17.5 Å². The summed E-state index contributed by atoms with van der Waals surface area (Å²) >= 11 is 5.92. The Morgan fingerprint density at radius 2 is 2.16 bits per heavy atom. The van der Waals surface area contributed by atoms with Crippen molar-refractivity contribution in [1.82, 2.24) is 14.7 Å². The number of hydrogen-bond donors (Lipinski definition) is 1. The smallest absolute Gasteiger partial charge is 0.246 e. The maximum absolute atomic E-state index is 12.4. The molecule has 2 aromatic rings. The molecule has 1 amide bonds. The van der Waals surface area contributed by atoms with Crippen molar-refractivity contribution in [3.63, 3.8) is 0 Å². The molecule has 25 heavy (non-hydrogen) atoms. The molecule has 2 heterocycles. The van der Waals surface area contributed by atoms with Crippen LogP contribution >= 0.6 is 11.6 Å². The van der Waals surface area contributed by atoms with Gasteiger partial charge in [0.1, 0.15) is 0 Å². The molecule has 0 bridgehead atoms. The number of likely N-dealkylation sites (tertiary alicyclic amines) is 1. The van der Waals surface area contributed by atoms with Crippen molar-refractivity contribution >= 4 is 23.6 Å². The van der Waals surface area contributed by atoms with E-state index in [9.17, 15) is 9.90 Å². The molecule has 0 saturated carbocycles. The Balaban J connectivity index is 1.62. The summed E-state index contributed by atoms with van der Waals surface area (Å²) in [5.41, 5.74) is 2.01. The van der Waals surface area contributed by atoms with Gasteiger partial charge in [-0.2, -0.15) is 5.10 Å². The molecule has 3 rings (SSSR count). The predicted molar refractivity (Wildman–Crippen MR) is 98.1 cm³/mol. The van der Waals surface area contributed by atoms with Crippen molar-refractivity contribution in [3.05, 3.63) is 58.9 Å². The Bertz CT molecular complexity index is 754. The van der Waals surface area contributed by atoms with Crippen LogP contribution in [0.15, 0.2) is 42.7 Å². The van der Waals surface area contributed by atoms with E-state index in [1.54, 1.807) is 27.9 Å². The highest BCUT2D eigenvalue weighted by Crippen LogP contribution is 2.23. The lowest BCUT2D eigenvalue weighted by Gasteiger charge is -2.36. The van der Waals surface area contributed by atoms with E-state index < -0.39 is 0 Å². The first-order chi connectivity index (χ1) is 12.0. The van der Waals surface area contributed by atoms with Crippen molar-refractivity contribution < 1.29 is 9.90 Å². The van der Waals surface area contributed by atoms with Crippen LogP contribution < -0.4 is 0 Å². The lowest BCUT2D eigenvalue weighted by Crippen LogP contribution is -2.46. The van der Waals surface area contributed by atoms with Gasteiger partial charge >= 0.3 is 0 Å². The van der Waals surface area contributed by atoms with Gasteiger partial charge in [-0.3, -0.25) is 9.48 Å². The molecule has 0 radical (unpaired) electrons. The van der Waals surface area contributed by atoms with Crippen molar-refractivity contribution in [2.24, 2.45) is 13.0 Å². The molecule has 0 spiro atoms. The predicted octanol–water partition coefficient (Wildman–Crippen LogP) is 2.54. The van der Waals surface area contributed by atoms with Crippen LogP contribution in [0.1, 0.15) is 17.5 Å². The summed E-state index contributed by atoms with van der Waals surface area (Å²) in [6.07, 6.45) is 7.86. The third kappa shape index (κ3) is 4.71. The molecule has 132 valence electrons. The zero-order valence-electron chi connectivity index (χ0n) is 14.2. The Hall–Kier alpha value is -2.11. The lowest BCUT2D eigenvalue weighted by molar-refractivity contribution is -0.129. The van der Waals surface area contributed by atoms with E-state index >= 15 is 0 Å². The Labute approximate surface area is 152 Å². The molecule has 0 unspecified atom stereocenters. The van der Waals surface area contributed by atoms with Gasteiger partial charge in [0.2, 0.25) is 5.91 Å². The van der Waals surface area contributed by atoms with Crippen LogP contribution in [0, 0.1) is 5.92 Å². The van der Waals surface area contributed by atoms with Gasteiger partial charge in [-0.15, -0.1) is 0 Å². The number of aliphatic hydroxyl groups is 1.